The number of nitrogens with one attached hydrogen (secondary N) is 2. The molecule has 6 heteroatoms. The van der Waals surface area contributed by atoms with Gasteiger partial charge in [0.05, 0.1) is 6.54 Å². The Balaban J connectivity index is 2.06. The first-order chi connectivity index (χ1) is 9.08. The Labute approximate surface area is 114 Å². The van der Waals surface area contributed by atoms with Crippen LogP contribution in [0.4, 0.5) is 5.95 Å². The number of nitrogens with two attached hydrogens (primary N) is 1. The maximum atomic E-state index is 6.11. The minimum atomic E-state index is 0.584. The van der Waals surface area contributed by atoms with Crippen LogP contribution in [0.25, 0.3) is 0 Å². The monoisotopic (exact) mass is 264 g/mol. The maximum Gasteiger partial charge on any atom is 0.351 e. The summed E-state index contributed by atoms with van der Waals surface area (Å²) in [6.07, 6.45) is 0. The number of quaternary nitrogens is 1. The largest absolute Gasteiger partial charge is 0.351 e. The molecule has 1 aromatic rings. The van der Waals surface area contributed by atoms with E-state index in [2.05, 4.69) is 26.8 Å². The molecule has 1 aromatic heterocycles. The normalized spacial score (nSPS) is 19.3. The van der Waals surface area contributed by atoms with Crippen molar-refractivity contribution >= 4 is 11.9 Å². The van der Waals surface area contributed by atoms with E-state index >= 15 is 0 Å². The van der Waals surface area contributed by atoms with Gasteiger partial charge in [0.15, 0.2) is 0 Å². The first-order valence-electron chi connectivity index (χ1n) is 6.88. The summed E-state index contributed by atoms with van der Waals surface area (Å²) < 4.78 is 2.17. The number of guanidine groups is 1. The zero-order valence-corrected chi connectivity index (χ0v) is 12.0. The van der Waals surface area contributed by atoms with Crippen LogP contribution in [0.1, 0.15) is 18.3 Å². The molecule has 0 spiro atoms. The van der Waals surface area contributed by atoms with Crippen LogP contribution in [0.3, 0.4) is 0 Å². The van der Waals surface area contributed by atoms with Gasteiger partial charge in [-0.2, -0.15) is 0 Å². The standard InChI is InChI=1S/C13H22N6/c1-4-18-5-7-19(8-6-18)12(14)17-13-15-10(2)9-11(3)16-13/h9H,4-8H2,1-3H3,(H2,14,15,16,17)/p+2. The van der Waals surface area contributed by atoms with Gasteiger partial charge in [0.2, 0.25) is 0 Å². The van der Waals surface area contributed by atoms with Crippen LogP contribution in [-0.2, 0) is 0 Å². The fourth-order valence-electron chi connectivity index (χ4n) is 2.39. The lowest BCUT2D eigenvalue weighted by Crippen LogP contribution is -3.14. The van der Waals surface area contributed by atoms with Gasteiger partial charge in [-0.1, -0.05) is 0 Å². The molecule has 4 N–H and O–H groups in total. The molecule has 0 bridgehead atoms. The van der Waals surface area contributed by atoms with Crippen molar-refractivity contribution in [3.63, 3.8) is 0 Å². The molecule has 1 fully saturated rings. The van der Waals surface area contributed by atoms with Gasteiger partial charge in [0.25, 0.3) is 5.95 Å². The summed E-state index contributed by atoms with van der Waals surface area (Å²) in [4.78, 5) is 10.3. The van der Waals surface area contributed by atoms with E-state index in [0.717, 1.165) is 37.6 Å². The highest BCUT2D eigenvalue weighted by Crippen LogP contribution is 2.02. The first-order valence-corrected chi connectivity index (χ1v) is 6.88. The SMILES string of the molecule is CC[NH+]1CC[N+](=C(N)Nc2nc(C)cc(C)n2)CC1. The lowest BCUT2D eigenvalue weighted by atomic mass is 10.3. The van der Waals surface area contributed by atoms with Crippen molar-refractivity contribution in [3.05, 3.63) is 17.5 Å². The van der Waals surface area contributed by atoms with Gasteiger partial charge < -0.3 is 4.90 Å². The molecule has 1 saturated heterocycles. The van der Waals surface area contributed by atoms with Crippen molar-refractivity contribution in [2.24, 2.45) is 5.73 Å². The van der Waals surface area contributed by atoms with Gasteiger partial charge in [0.1, 0.15) is 26.2 Å². The quantitative estimate of drug-likeness (QED) is 0.461. The van der Waals surface area contributed by atoms with Gasteiger partial charge in [0, 0.05) is 11.4 Å². The lowest BCUT2D eigenvalue weighted by Gasteiger charge is -2.24. The Morgan fingerprint density at radius 3 is 2.42 bits per heavy atom. The summed E-state index contributed by atoms with van der Waals surface area (Å²) >= 11 is 0. The van der Waals surface area contributed by atoms with Gasteiger partial charge in [-0.25, -0.2) is 15.3 Å². The Bertz CT molecular complexity index is 452. The summed E-state index contributed by atoms with van der Waals surface area (Å²) in [5.74, 6) is 1.24. The van der Waals surface area contributed by atoms with Crippen molar-refractivity contribution < 1.29 is 9.48 Å². The van der Waals surface area contributed by atoms with Crippen LogP contribution in [0.5, 0.6) is 0 Å². The highest BCUT2D eigenvalue weighted by molar-refractivity contribution is 5.86. The van der Waals surface area contributed by atoms with Crippen LogP contribution in [0.2, 0.25) is 0 Å². The summed E-state index contributed by atoms with van der Waals surface area (Å²) in [6.45, 7) is 11.5. The van der Waals surface area contributed by atoms with Gasteiger partial charge in [-0.05, 0) is 26.8 Å². The fraction of sp³-hybridized carbons (Fsp3) is 0.615. The minimum absolute atomic E-state index is 0.584. The van der Waals surface area contributed by atoms with Crippen LogP contribution >= 0.6 is 0 Å². The number of piperazine rings is 1. The summed E-state index contributed by atoms with van der Waals surface area (Å²) in [5.41, 5.74) is 8.00. The zero-order valence-electron chi connectivity index (χ0n) is 12.0. The minimum Gasteiger partial charge on any atom is -0.330 e. The predicted octanol–water partition coefficient (Wildman–Crippen LogP) is -1.25. The summed E-state index contributed by atoms with van der Waals surface area (Å²) in [5, 5.41) is 3.11. The second kappa shape index (κ2) is 5.97. The molecule has 0 amide bonds. The molecular weight excluding hydrogens is 240 g/mol. The Hall–Kier alpha value is -1.69. The highest BCUT2D eigenvalue weighted by Gasteiger charge is 2.20. The third-order valence-corrected chi connectivity index (χ3v) is 3.53. The van der Waals surface area contributed by atoms with Crippen molar-refractivity contribution in [3.8, 4) is 0 Å². The van der Waals surface area contributed by atoms with E-state index in [1.54, 1.807) is 4.90 Å². The number of likely N-dealkylation sites (N-methyl/N-ethyl adjacent to an activating group) is 1. The number of anilines is 1. The van der Waals surface area contributed by atoms with Gasteiger partial charge in [-0.15, -0.1) is 0 Å². The van der Waals surface area contributed by atoms with Gasteiger partial charge >= 0.3 is 5.96 Å². The third-order valence-electron chi connectivity index (χ3n) is 3.53. The Kier molecular flexibility index (Phi) is 4.31. The van der Waals surface area contributed by atoms with E-state index in [1.807, 2.05) is 19.9 Å². The second-order valence-corrected chi connectivity index (χ2v) is 5.08. The zero-order chi connectivity index (χ0) is 13.8. The molecule has 0 unspecified atom stereocenters. The molecule has 2 heterocycles. The molecule has 104 valence electrons. The fourth-order valence-corrected chi connectivity index (χ4v) is 2.39. The number of aromatic nitrogens is 2. The van der Waals surface area contributed by atoms with Crippen LogP contribution in [0.15, 0.2) is 6.07 Å². The number of hydrogen-bond donors (Lipinski definition) is 3. The van der Waals surface area contributed by atoms with Crippen molar-refractivity contribution in [1.29, 1.82) is 0 Å². The van der Waals surface area contributed by atoms with E-state index in [9.17, 15) is 0 Å². The average Bonchev–Trinajstić information content (AvgIpc) is 2.37. The van der Waals surface area contributed by atoms with E-state index in [4.69, 9.17) is 5.73 Å². The van der Waals surface area contributed by atoms with E-state index < -0.39 is 0 Å². The van der Waals surface area contributed by atoms with E-state index in [1.165, 1.54) is 6.54 Å². The molecule has 0 aromatic carbocycles. The lowest BCUT2D eigenvalue weighted by molar-refractivity contribution is -0.930. The van der Waals surface area contributed by atoms with Crippen molar-refractivity contribution in [2.75, 3.05) is 38.0 Å². The molecule has 0 radical (unpaired) electrons. The molecule has 1 aliphatic heterocycles. The van der Waals surface area contributed by atoms with Crippen LogP contribution < -0.4 is 16.0 Å². The number of rotatable bonds is 2. The molecule has 1 aliphatic rings. The predicted molar refractivity (Wildman–Crippen MR) is 75.6 cm³/mol. The molecular formula is C13H24N6+2. The van der Waals surface area contributed by atoms with Crippen molar-refractivity contribution in [1.82, 2.24) is 9.97 Å². The highest BCUT2D eigenvalue weighted by atomic mass is 15.3. The number of hydrogen-bond acceptors (Lipinski definition) is 2. The molecule has 19 heavy (non-hydrogen) atoms. The number of aryl methyl sites for hydroxylation is 2. The van der Waals surface area contributed by atoms with E-state index in [0.29, 0.717) is 11.9 Å². The summed E-state index contributed by atoms with van der Waals surface area (Å²) in [6, 6.07) is 1.95. The molecule has 6 nitrogen and oxygen atoms in total. The molecule has 2 rings (SSSR count). The maximum absolute atomic E-state index is 6.11. The average molecular weight is 264 g/mol. The van der Waals surface area contributed by atoms with E-state index in [-0.39, 0.29) is 0 Å². The molecule has 0 saturated carbocycles. The first kappa shape index (κ1) is 13.7. The number of nitrogens with zero attached hydrogens (tertiary/aromatic N) is 3. The van der Waals surface area contributed by atoms with Gasteiger partial charge in [-0.3, -0.25) is 10.3 Å². The Morgan fingerprint density at radius 1 is 1.32 bits per heavy atom. The van der Waals surface area contributed by atoms with Crippen molar-refractivity contribution in [2.45, 2.75) is 20.8 Å². The Morgan fingerprint density at radius 2 is 1.89 bits per heavy atom. The topological polar surface area (TPSA) is 71.3 Å². The third kappa shape index (κ3) is 3.64. The second-order valence-electron chi connectivity index (χ2n) is 5.08. The summed E-state index contributed by atoms with van der Waals surface area (Å²) in [7, 11) is 0. The van der Waals surface area contributed by atoms with Crippen LogP contribution in [0, 0.1) is 13.8 Å². The molecule has 0 aliphatic carbocycles. The smallest absolute Gasteiger partial charge is 0.330 e. The molecule has 0 atom stereocenters. The van der Waals surface area contributed by atoms with Crippen LogP contribution in [-0.4, -0.2) is 53.2 Å².